The average molecular weight is 395 g/mol. The molecule has 0 fully saturated rings. The molecule has 2 aromatic carbocycles. The summed E-state index contributed by atoms with van der Waals surface area (Å²) in [4.78, 5) is 28.2. The van der Waals surface area contributed by atoms with E-state index in [1.54, 1.807) is 12.1 Å². The minimum absolute atomic E-state index is 0.187. The third-order valence-electron chi connectivity index (χ3n) is 4.07. The van der Waals surface area contributed by atoms with Gasteiger partial charge >= 0.3 is 0 Å². The number of benzene rings is 2. The van der Waals surface area contributed by atoms with Gasteiger partial charge in [0.2, 0.25) is 0 Å². The smallest absolute Gasteiger partial charge is 0.259 e. The fraction of sp³-hybridized carbons (Fsp3) is 0.143. The van der Waals surface area contributed by atoms with Crippen LogP contribution in [0.25, 0.3) is 10.9 Å². The summed E-state index contributed by atoms with van der Waals surface area (Å²) in [5.74, 6) is -0.770. The third-order valence-corrected chi connectivity index (χ3v) is 4.37. The summed E-state index contributed by atoms with van der Waals surface area (Å²) in [7, 11) is 0. The molecule has 6 nitrogen and oxygen atoms in total. The number of pyridine rings is 1. The molecule has 2 amide bonds. The van der Waals surface area contributed by atoms with E-state index in [1.165, 1.54) is 6.21 Å². The number of amides is 2. The van der Waals surface area contributed by atoms with Gasteiger partial charge in [-0.2, -0.15) is 5.10 Å². The number of halogens is 1. The second-order valence-corrected chi connectivity index (χ2v) is 6.76. The molecule has 0 unspecified atom stereocenters. The summed E-state index contributed by atoms with van der Waals surface area (Å²) < 4.78 is 0. The van der Waals surface area contributed by atoms with Crippen molar-refractivity contribution < 1.29 is 9.59 Å². The number of fused-ring (bicyclic) bond motifs is 1. The first-order valence-corrected chi connectivity index (χ1v) is 9.04. The Morgan fingerprint density at radius 1 is 1.07 bits per heavy atom. The van der Waals surface area contributed by atoms with Crippen LogP contribution in [0.4, 0.5) is 0 Å². The van der Waals surface area contributed by atoms with E-state index in [1.807, 2.05) is 50.2 Å². The van der Waals surface area contributed by atoms with Crippen LogP contribution in [0.1, 0.15) is 27.0 Å². The molecule has 2 N–H and O–H groups in total. The predicted octanol–water partition coefficient (Wildman–Crippen LogP) is 3.39. The lowest BCUT2D eigenvalue weighted by molar-refractivity contribution is -0.120. The number of rotatable bonds is 5. The molecule has 1 aromatic heterocycles. The van der Waals surface area contributed by atoms with E-state index in [4.69, 9.17) is 11.6 Å². The Labute approximate surface area is 167 Å². The monoisotopic (exact) mass is 394 g/mol. The Morgan fingerprint density at radius 3 is 2.54 bits per heavy atom. The number of hydrazone groups is 1. The molecule has 28 heavy (non-hydrogen) atoms. The molecule has 0 bridgehead atoms. The van der Waals surface area contributed by atoms with Crippen molar-refractivity contribution in [2.75, 3.05) is 6.54 Å². The van der Waals surface area contributed by atoms with Crippen LogP contribution >= 0.6 is 11.6 Å². The summed E-state index contributed by atoms with van der Waals surface area (Å²) >= 11 is 6.18. The minimum Gasteiger partial charge on any atom is -0.343 e. The third kappa shape index (κ3) is 4.92. The van der Waals surface area contributed by atoms with Crippen molar-refractivity contribution in [2.45, 2.75) is 13.8 Å². The zero-order valence-corrected chi connectivity index (χ0v) is 16.2. The minimum atomic E-state index is -0.447. The van der Waals surface area contributed by atoms with Gasteiger partial charge in [0.25, 0.3) is 11.8 Å². The largest absolute Gasteiger partial charge is 0.343 e. The van der Waals surface area contributed by atoms with Gasteiger partial charge in [0.1, 0.15) is 5.15 Å². The van der Waals surface area contributed by atoms with Crippen molar-refractivity contribution in [3.05, 3.63) is 75.9 Å². The summed E-state index contributed by atoms with van der Waals surface area (Å²) in [6.45, 7) is 3.73. The van der Waals surface area contributed by atoms with Gasteiger partial charge in [0.15, 0.2) is 0 Å². The molecule has 0 aliphatic heterocycles. The van der Waals surface area contributed by atoms with Crippen LogP contribution in [0.15, 0.2) is 53.6 Å². The molecular formula is C21H19ClN4O2. The molecular weight excluding hydrogens is 376 g/mol. The van der Waals surface area contributed by atoms with Crippen LogP contribution in [-0.4, -0.2) is 29.6 Å². The number of carbonyl (C=O) groups excluding carboxylic acids is 2. The molecule has 7 heteroatoms. The fourth-order valence-corrected chi connectivity index (χ4v) is 2.74. The van der Waals surface area contributed by atoms with Gasteiger partial charge in [-0.05, 0) is 43.7 Å². The second-order valence-electron chi connectivity index (χ2n) is 6.41. The number of hydrogen-bond donors (Lipinski definition) is 2. The van der Waals surface area contributed by atoms with Crippen LogP contribution in [0.2, 0.25) is 5.15 Å². The molecule has 3 rings (SSSR count). The summed E-state index contributed by atoms with van der Waals surface area (Å²) in [6.07, 6.45) is 1.42. The van der Waals surface area contributed by atoms with Gasteiger partial charge in [0.05, 0.1) is 18.3 Å². The van der Waals surface area contributed by atoms with Crippen molar-refractivity contribution in [2.24, 2.45) is 5.10 Å². The van der Waals surface area contributed by atoms with E-state index in [0.29, 0.717) is 16.3 Å². The van der Waals surface area contributed by atoms with E-state index in [-0.39, 0.29) is 12.5 Å². The molecule has 0 aliphatic rings. The highest BCUT2D eigenvalue weighted by molar-refractivity contribution is 6.32. The number of nitrogens with zero attached hydrogens (tertiary/aromatic N) is 2. The van der Waals surface area contributed by atoms with Crippen LogP contribution in [0, 0.1) is 13.8 Å². The van der Waals surface area contributed by atoms with Gasteiger partial charge in [-0.15, -0.1) is 0 Å². The lowest BCUT2D eigenvalue weighted by Crippen LogP contribution is -2.34. The van der Waals surface area contributed by atoms with E-state index in [2.05, 4.69) is 20.8 Å². The maximum absolute atomic E-state index is 12.0. The second kappa shape index (κ2) is 8.63. The molecule has 0 radical (unpaired) electrons. The fourth-order valence-electron chi connectivity index (χ4n) is 2.54. The first-order valence-electron chi connectivity index (χ1n) is 8.66. The van der Waals surface area contributed by atoms with Crippen LogP contribution in [0.3, 0.4) is 0 Å². The van der Waals surface area contributed by atoms with Gasteiger partial charge in [-0.25, -0.2) is 10.4 Å². The van der Waals surface area contributed by atoms with Crippen LogP contribution in [-0.2, 0) is 4.79 Å². The van der Waals surface area contributed by atoms with Gasteiger partial charge < -0.3 is 5.32 Å². The van der Waals surface area contributed by atoms with Gasteiger partial charge in [-0.3, -0.25) is 9.59 Å². The number of carbonyl (C=O) groups is 2. The highest BCUT2D eigenvalue weighted by Crippen LogP contribution is 2.20. The Balaban J connectivity index is 1.56. The first kappa shape index (κ1) is 19.5. The van der Waals surface area contributed by atoms with Gasteiger partial charge in [-0.1, -0.05) is 41.4 Å². The lowest BCUT2D eigenvalue weighted by atomic mass is 10.1. The van der Waals surface area contributed by atoms with Crippen LogP contribution < -0.4 is 10.7 Å². The van der Waals surface area contributed by atoms with Crippen molar-refractivity contribution in [3.63, 3.8) is 0 Å². The van der Waals surface area contributed by atoms with E-state index in [9.17, 15) is 9.59 Å². The lowest BCUT2D eigenvalue weighted by Gasteiger charge is -2.05. The predicted molar refractivity (Wildman–Crippen MR) is 111 cm³/mol. The SMILES string of the molecule is Cc1ccc(C(=O)NCC(=O)N/N=C\c2cc3ccc(C)cc3nc2Cl)cc1. The molecule has 0 aliphatic carbocycles. The Hall–Kier alpha value is -3.25. The Bertz CT molecular complexity index is 1060. The molecule has 0 saturated heterocycles. The number of hydrogen-bond acceptors (Lipinski definition) is 4. The molecule has 142 valence electrons. The highest BCUT2D eigenvalue weighted by Gasteiger charge is 2.07. The van der Waals surface area contributed by atoms with Gasteiger partial charge in [0, 0.05) is 16.5 Å². The van der Waals surface area contributed by atoms with Crippen molar-refractivity contribution in [1.29, 1.82) is 0 Å². The molecule has 1 heterocycles. The molecule has 0 atom stereocenters. The van der Waals surface area contributed by atoms with E-state index >= 15 is 0 Å². The van der Waals surface area contributed by atoms with E-state index in [0.717, 1.165) is 22.0 Å². The zero-order valence-electron chi connectivity index (χ0n) is 15.5. The molecule has 0 spiro atoms. The van der Waals surface area contributed by atoms with Crippen molar-refractivity contribution >= 4 is 40.5 Å². The Morgan fingerprint density at radius 2 is 1.79 bits per heavy atom. The molecule has 3 aromatic rings. The van der Waals surface area contributed by atoms with Crippen molar-refractivity contribution in [1.82, 2.24) is 15.7 Å². The quantitative estimate of drug-likeness (QED) is 0.395. The molecule has 0 saturated carbocycles. The first-order chi connectivity index (χ1) is 13.4. The standard InChI is InChI=1S/C21H19ClN4O2/c1-13-3-6-15(7-4-13)21(28)23-12-19(27)26-24-11-17-10-16-8-5-14(2)9-18(16)25-20(17)22/h3-11H,12H2,1-2H3,(H,23,28)(H,26,27)/b24-11-. The zero-order chi connectivity index (χ0) is 20.1. The summed E-state index contributed by atoms with van der Waals surface area (Å²) in [6, 6.07) is 14.8. The topological polar surface area (TPSA) is 83.5 Å². The number of nitrogens with one attached hydrogen (secondary N) is 2. The maximum Gasteiger partial charge on any atom is 0.259 e. The van der Waals surface area contributed by atoms with E-state index < -0.39 is 5.91 Å². The summed E-state index contributed by atoms with van der Waals surface area (Å²) in [5, 5.41) is 7.65. The summed E-state index contributed by atoms with van der Waals surface area (Å²) in [5.41, 5.74) is 6.39. The number of aryl methyl sites for hydroxylation is 2. The number of aromatic nitrogens is 1. The normalized spacial score (nSPS) is 11.0. The maximum atomic E-state index is 12.0. The van der Waals surface area contributed by atoms with Crippen LogP contribution in [0.5, 0.6) is 0 Å². The van der Waals surface area contributed by atoms with Crippen molar-refractivity contribution in [3.8, 4) is 0 Å². The highest BCUT2D eigenvalue weighted by atomic mass is 35.5. The Kier molecular flexibility index (Phi) is 6.01. The average Bonchev–Trinajstić information content (AvgIpc) is 2.67.